The molecule has 10 nitrogen and oxygen atoms in total. The second-order valence-electron chi connectivity index (χ2n) is 9.71. The average molecular weight is 542 g/mol. The van der Waals surface area contributed by atoms with Crippen LogP contribution >= 0.6 is 0 Å². The third-order valence-electron chi connectivity index (χ3n) is 7.29. The molecule has 1 fully saturated rings. The first-order valence-electron chi connectivity index (χ1n) is 13.3. The first-order valence-corrected chi connectivity index (χ1v) is 13.3. The second-order valence-corrected chi connectivity index (χ2v) is 9.71. The largest absolute Gasteiger partial charge is 0.465 e. The number of carbonyl (C=O) groups is 2. The summed E-state index contributed by atoms with van der Waals surface area (Å²) in [7, 11) is 0. The predicted octanol–water partition coefficient (Wildman–Crippen LogP) is 3.71. The molecule has 0 unspecified atom stereocenters. The van der Waals surface area contributed by atoms with Crippen molar-refractivity contribution in [1.82, 2.24) is 15.1 Å². The van der Waals surface area contributed by atoms with E-state index in [1.807, 2.05) is 41.3 Å². The lowest BCUT2D eigenvalue weighted by Crippen LogP contribution is -2.57. The maximum Gasteiger partial charge on any atom is 0.321 e. The van der Waals surface area contributed by atoms with Gasteiger partial charge in [-0.1, -0.05) is 72.8 Å². The third-order valence-corrected chi connectivity index (χ3v) is 7.29. The maximum atomic E-state index is 13.2. The number of nitro benzene ring substituents is 1. The number of aliphatic imine (C=N–C) groups is 1. The molecule has 206 valence electrons. The van der Waals surface area contributed by atoms with E-state index in [0.717, 1.165) is 13.1 Å². The number of piperazine rings is 1. The van der Waals surface area contributed by atoms with Crippen LogP contribution in [0.25, 0.3) is 0 Å². The smallest absolute Gasteiger partial charge is 0.321 e. The molecule has 0 aliphatic carbocycles. The summed E-state index contributed by atoms with van der Waals surface area (Å²) in [6.45, 7) is 4.49. The summed E-state index contributed by atoms with van der Waals surface area (Å²) in [5.41, 5.74) is 2.87. The Morgan fingerprint density at radius 3 is 2.08 bits per heavy atom. The lowest BCUT2D eigenvalue weighted by atomic mass is 9.91. The molecule has 1 amide bonds. The fourth-order valence-corrected chi connectivity index (χ4v) is 5.34. The molecular formula is C30H31N5O5. The Labute approximate surface area is 232 Å². The van der Waals surface area contributed by atoms with E-state index < -0.39 is 28.8 Å². The van der Waals surface area contributed by atoms with E-state index in [1.54, 1.807) is 6.92 Å². The summed E-state index contributed by atoms with van der Waals surface area (Å²) in [5.74, 6) is -1.97. The quantitative estimate of drug-likeness (QED) is 0.210. The van der Waals surface area contributed by atoms with Crippen molar-refractivity contribution < 1.29 is 19.2 Å². The normalized spacial score (nSPS) is 19.6. The van der Waals surface area contributed by atoms with E-state index in [0.29, 0.717) is 24.6 Å². The van der Waals surface area contributed by atoms with Crippen LogP contribution in [0.5, 0.6) is 0 Å². The van der Waals surface area contributed by atoms with Gasteiger partial charge >= 0.3 is 5.97 Å². The topological polar surface area (TPSA) is 117 Å². The number of guanidine groups is 1. The minimum absolute atomic E-state index is 0.0802. The van der Waals surface area contributed by atoms with Gasteiger partial charge in [0, 0.05) is 38.3 Å². The van der Waals surface area contributed by atoms with Gasteiger partial charge in [0.15, 0.2) is 5.92 Å². The molecule has 0 spiro atoms. The molecule has 0 bridgehead atoms. The van der Waals surface area contributed by atoms with Gasteiger partial charge < -0.3 is 9.64 Å². The Bertz CT molecular complexity index is 1330. The molecule has 2 heterocycles. The Balaban J connectivity index is 1.39. The molecule has 40 heavy (non-hydrogen) atoms. The Morgan fingerprint density at radius 2 is 1.55 bits per heavy atom. The zero-order valence-corrected chi connectivity index (χ0v) is 22.2. The van der Waals surface area contributed by atoms with E-state index in [-0.39, 0.29) is 18.3 Å². The second kappa shape index (κ2) is 12.1. The van der Waals surface area contributed by atoms with Gasteiger partial charge in [0.2, 0.25) is 11.9 Å². The van der Waals surface area contributed by atoms with Crippen LogP contribution in [0.2, 0.25) is 0 Å². The number of benzene rings is 3. The number of ether oxygens (including phenoxy) is 1. The number of nitro groups is 1. The molecule has 0 aromatic heterocycles. The number of nitrogens with one attached hydrogen (secondary N) is 1. The third kappa shape index (κ3) is 5.72. The van der Waals surface area contributed by atoms with Gasteiger partial charge in [0.05, 0.1) is 17.6 Å². The summed E-state index contributed by atoms with van der Waals surface area (Å²) < 4.78 is 5.17. The Morgan fingerprint density at radius 1 is 0.975 bits per heavy atom. The van der Waals surface area contributed by atoms with Gasteiger partial charge in [-0.2, -0.15) is 0 Å². The first-order chi connectivity index (χ1) is 19.5. The zero-order chi connectivity index (χ0) is 28.1. The molecule has 1 N–H and O–H groups in total. The van der Waals surface area contributed by atoms with E-state index in [9.17, 15) is 19.7 Å². The number of carbonyl (C=O) groups excluding carboxylic acids is 2. The molecule has 1 saturated heterocycles. The van der Waals surface area contributed by atoms with Crippen LogP contribution in [0, 0.1) is 16.0 Å². The number of non-ortho nitro benzene ring substituents is 1. The summed E-state index contributed by atoms with van der Waals surface area (Å²) in [6.07, 6.45) is 0. The van der Waals surface area contributed by atoms with Crippen molar-refractivity contribution in [3.63, 3.8) is 0 Å². The highest BCUT2D eigenvalue weighted by atomic mass is 16.6. The molecule has 3 aromatic rings. The monoisotopic (exact) mass is 541 g/mol. The lowest BCUT2D eigenvalue weighted by Gasteiger charge is -2.42. The van der Waals surface area contributed by atoms with Gasteiger partial charge in [-0.3, -0.25) is 29.9 Å². The minimum atomic E-state index is -1.19. The van der Waals surface area contributed by atoms with Crippen LogP contribution in [0.3, 0.4) is 0 Å². The molecule has 3 aromatic carbocycles. The van der Waals surface area contributed by atoms with Crippen LogP contribution in [0.1, 0.15) is 35.7 Å². The molecule has 2 aliphatic heterocycles. The number of amides is 1. The van der Waals surface area contributed by atoms with Crippen LogP contribution in [0.15, 0.2) is 89.9 Å². The SMILES string of the molecule is CCOC(=O)[C@@H]1C(=O)NC(N2CCN(C(c3ccccc3)c3ccccc3)CC2)=N[C@@H]1c1ccc([N+](=O)[O-])cc1. The van der Waals surface area contributed by atoms with Crippen LogP contribution in [0.4, 0.5) is 5.69 Å². The highest BCUT2D eigenvalue weighted by molar-refractivity contribution is 6.08. The summed E-state index contributed by atoms with van der Waals surface area (Å²) in [6, 6.07) is 25.8. The van der Waals surface area contributed by atoms with E-state index >= 15 is 0 Å². The van der Waals surface area contributed by atoms with Crippen molar-refractivity contribution in [3.05, 3.63) is 112 Å². The van der Waals surface area contributed by atoms with Gasteiger partial charge in [0.25, 0.3) is 5.69 Å². The molecule has 0 saturated carbocycles. The first kappa shape index (κ1) is 27.0. The number of hydrogen-bond donors (Lipinski definition) is 1. The zero-order valence-electron chi connectivity index (χ0n) is 22.2. The van der Waals surface area contributed by atoms with Crippen molar-refractivity contribution in [3.8, 4) is 0 Å². The van der Waals surface area contributed by atoms with Crippen LogP contribution < -0.4 is 5.32 Å². The lowest BCUT2D eigenvalue weighted by molar-refractivity contribution is -0.384. The van der Waals surface area contributed by atoms with Crippen LogP contribution in [-0.4, -0.2) is 65.3 Å². The minimum Gasteiger partial charge on any atom is -0.465 e. The highest BCUT2D eigenvalue weighted by Crippen LogP contribution is 2.33. The van der Waals surface area contributed by atoms with Crippen molar-refractivity contribution >= 4 is 23.5 Å². The molecular weight excluding hydrogens is 510 g/mol. The van der Waals surface area contributed by atoms with Crippen molar-refractivity contribution in [2.75, 3.05) is 32.8 Å². The molecule has 0 radical (unpaired) electrons. The number of hydrogen-bond acceptors (Lipinski definition) is 8. The summed E-state index contributed by atoms with van der Waals surface area (Å²) in [5, 5.41) is 14.0. The van der Waals surface area contributed by atoms with E-state index in [4.69, 9.17) is 9.73 Å². The van der Waals surface area contributed by atoms with Crippen molar-refractivity contribution in [2.45, 2.75) is 19.0 Å². The van der Waals surface area contributed by atoms with Gasteiger partial charge in [-0.25, -0.2) is 4.99 Å². The molecule has 2 atom stereocenters. The maximum absolute atomic E-state index is 13.2. The number of nitrogens with zero attached hydrogens (tertiary/aromatic N) is 4. The number of rotatable bonds is 7. The van der Waals surface area contributed by atoms with Crippen LogP contribution in [-0.2, 0) is 14.3 Å². The van der Waals surface area contributed by atoms with Gasteiger partial charge in [-0.05, 0) is 23.6 Å². The fraction of sp³-hybridized carbons (Fsp3) is 0.300. The molecule has 5 rings (SSSR count). The van der Waals surface area contributed by atoms with E-state index in [1.165, 1.54) is 35.4 Å². The number of esters is 1. The summed E-state index contributed by atoms with van der Waals surface area (Å²) in [4.78, 5) is 45.9. The Hall–Kier alpha value is -4.57. The van der Waals surface area contributed by atoms with Crippen molar-refractivity contribution in [2.24, 2.45) is 10.9 Å². The molecule has 2 aliphatic rings. The highest BCUT2D eigenvalue weighted by Gasteiger charge is 2.42. The average Bonchev–Trinajstić information content (AvgIpc) is 2.98. The van der Waals surface area contributed by atoms with E-state index in [2.05, 4.69) is 34.5 Å². The predicted molar refractivity (Wildman–Crippen MR) is 149 cm³/mol. The Kier molecular flexibility index (Phi) is 8.16. The fourth-order valence-electron chi connectivity index (χ4n) is 5.34. The van der Waals surface area contributed by atoms with Gasteiger partial charge in [0.1, 0.15) is 6.04 Å². The van der Waals surface area contributed by atoms with Gasteiger partial charge in [-0.15, -0.1) is 0 Å². The molecule has 10 heteroatoms. The van der Waals surface area contributed by atoms with Crippen molar-refractivity contribution in [1.29, 1.82) is 0 Å². The standard InChI is InChI=1S/C30H31N5O5/c1-2-40-29(37)25-26(21-13-15-24(16-14-21)35(38)39)31-30(32-28(25)36)34-19-17-33(18-20-34)27(22-9-5-3-6-10-22)23-11-7-4-8-12-23/h3-16,25-27H,2,17-20H2,1H3,(H,31,32,36)/t25-,26+/m0/s1. The summed E-state index contributed by atoms with van der Waals surface area (Å²) >= 11 is 0.